The summed E-state index contributed by atoms with van der Waals surface area (Å²) in [5.41, 5.74) is 2.44. The summed E-state index contributed by atoms with van der Waals surface area (Å²) in [5.74, 6) is 2.10. The number of aryl methyl sites for hydroxylation is 1. The molecule has 0 atom stereocenters. The maximum absolute atomic E-state index is 12.2. The maximum Gasteiger partial charge on any atom is 0.306 e. The molecule has 0 fully saturated rings. The summed E-state index contributed by atoms with van der Waals surface area (Å²) < 4.78 is 21.9. The van der Waals surface area contributed by atoms with Gasteiger partial charge in [-0.25, -0.2) is 9.97 Å². The topological polar surface area (TPSA) is 83.7 Å². The molecule has 0 saturated carbocycles. The standard InChI is InChI=1S/C24H22N2O5S/c1-28-19-10-6-9-18(23(19)29-2)24-26-17(15-32-24)14-30-22(27)12-11-21-25-13-20(31-21)16-7-4-3-5-8-16/h3-10,13,15H,11-12,14H2,1-2H3. The minimum Gasteiger partial charge on any atom is -0.493 e. The molecule has 32 heavy (non-hydrogen) atoms. The third-order valence-electron chi connectivity index (χ3n) is 4.72. The van der Waals surface area contributed by atoms with Gasteiger partial charge in [0.15, 0.2) is 23.1 Å². The molecule has 0 aliphatic rings. The predicted octanol–water partition coefficient (Wildman–Crippen LogP) is 5.16. The molecule has 2 heterocycles. The van der Waals surface area contributed by atoms with Crippen molar-refractivity contribution in [2.45, 2.75) is 19.4 Å². The molecular weight excluding hydrogens is 428 g/mol. The number of hydrogen-bond acceptors (Lipinski definition) is 8. The fraction of sp³-hybridized carbons (Fsp3) is 0.208. The van der Waals surface area contributed by atoms with Crippen LogP contribution in [0.5, 0.6) is 11.5 Å². The molecule has 0 aliphatic carbocycles. The monoisotopic (exact) mass is 450 g/mol. The number of aromatic nitrogens is 2. The zero-order valence-electron chi connectivity index (χ0n) is 17.7. The molecule has 0 unspecified atom stereocenters. The van der Waals surface area contributed by atoms with Crippen molar-refractivity contribution in [3.63, 3.8) is 0 Å². The van der Waals surface area contributed by atoms with Crippen molar-refractivity contribution in [1.82, 2.24) is 9.97 Å². The minimum absolute atomic E-state index is 0.0997. The first-order valence-corrected chi connectivity index (χ1v) is 10.9. The number of para-hydroxylation sites is 1. The van der Waals surface area contributed by atoms with Crippen LogP contribution in [0.1, 0.15) is 18.0 Å². The van der Waals surface area contributed by atoms with Gasteiger partial charge in [0.05, 0.1) is 38.1 Å². The lowest BCUT2D eigenvalue weighted by Gasteiger charge is -2.10. The van der Waals surface area contributed by atoms with E-state index in [9.17, 15) is 4.79 Å². The van der Waals surface area contributed by atoms with Crippen LogP contribution in [0.25, 0.3) is 21.9 Å². The van der Waals surface area contributed by atoms with Crippen LogP contribution in [-0.2, 0) is 22.6 Å². The number of ether oxygens (including phenoxy) is 3. The van der Waals surface area contributed by atoms with Crippen molar-refractivity contribution in [3.05, 3.63) is 71.7 Å². The summed E-state index contributed by atoms with van der Waals surface area (Å²) in [6, 6.07) is 15.3. The molecule has 0 spiro atoms. The summed E-state index contributed by atoms with van der Waals surface area (Å²) in [7, 11) is 3.18. The van der Waals surface area contributed by atoms with Crippen LogP contribution in [0, 0.1) is 0 Å². The van der Waals surface area contributed by atoms with Crippen molar-refractivity contribution in [2.75, 3.05) is 14.2 Å². The van der Waals surface area contributed by atoms with E-state index in [1.165, 1.54) is 11.3 Å². The number of carbonyl (C=O) groups is 1. The first-order chi connectivity index (χ1) is 15.7. The van der Waals surface area contributed by atoms with Gasteiger partial charge in [0.2, 0.25) is 0 Å². The van der Waals surface area contributed by atoms with Gasteiger partial charge in [-0.05, 0) is 12.1 Å². The molecule has 4 aromatic rings. The molecule has 0 bridgehead atoms. The van der Waals surface area contributed by atoms with Crippen LogP contribution >= 0.6 is 11.3 Å². The second-order valence-corrected chi connectivity index (χ2v) is 7.69. The van der Waals surface area contributed by atoms with Gasteiger partial charge in [-0.1, -0.05) is 36.4 Å². The lowest BCUT2D eigenvalue weighted by molar-refractivity contribution is -0.145. The second-order valence-electron chi connectivity index (χ2n) is 6.83. The highest BCUT2D eigenvalue weighted by Gasteiger charge is 2.15. The molecule has 0 amide bonds. The zero-order valence-corrected chi connectivity index (χ0v) is 18.6. The minimum atomic E-state index is -0.335. The van der Waals surface area contributed by atoms with E-state index in [-0.39, 0.29) is 19.0 Å². The van der Waals surface area contributed by atoms with E-state index in [1.807, 2.05) is 53.9 Å². The Morgan fingerprint density at radius 3 is 2.69 bits per heavy atom. The maximum atomic E-state index is 12.2. The summed E-state index contributed by atoms with van der Waals surface area (Å²) in [5, 5.41) is 2.63. The normalized spacial score (nSPS) is 10.7. The van der Waals surface area contributed by atoms with Crippen molar-refractivity contribution in [2.24, 2.45) is 0 Å². The van der Waals surface area contributed by atoms with E-state index in [4.69, 9.17) is 18.6 Å². The first kappa shape index (κ1) is 21.6. The molecule has 0 radical (unpaired) electrons. The number of benzene rings is 2. The third-order valence-corrected chi connectivity index (χ3v) is 5.65. The number of thiazole rings is 1. The van der Waals surface area contributed by atoms with Gasteiger partial charge < -0.3 is 18.6 Å². The van der Waals surface area contributed by atoms with E-state index < -0.39 is 0 Å². The summed E-state index contributed by atoms with van der Waals surface area (Å²) in [6.45, 7) is 0.0997. The van der Waals surface area contributed by atoms with Crippen LogP contribution < -0.4 is 9.47 Å². The molecule has 0 aliphatic heterocycles. The molecule has 164 valence electrons. The SMILES string of the molecule is COc1cccc(-c2nc(COC(=O)CCc3ncc(-c4ccccc4)o3)cs2)c1OC. The van der Waals surface area contributed by atoms with E-state index in [0.717, 1.165) is 16.1 Å². The van der Waals surface area contributed by atoms with Crippen molar-refractivity contribution in [3.8, 4) is 33.4 Å². The fourth-order valence-corrected chi connectivity index (χ4v) is 3.98. The van der Waals surface area contributed by atoms with Crippen molar-refractivity contribution < 1.29 is 23.4 Å². The highest BCUT2D eigenvalue weighted by molar-refractivity contribution is 7.13. The Kier molecular flexibility index (Phi) is 6.81. The highest BCUT2D eigenvalue weighted by atomic mass is 32.1. The smallest absolute Gasteiger partial charge is 0.306 e. The van der Waals surface area contributed by atoms with Gasteiger partial charge >= 0.3 is 5.97 Å². The predicted molar refractivity (Wildman–Crippen MR) is 121 cm³/mol. The summed E-state index contributed by atoms with van der Waals surface area (Å²) in [4.78, 5) is 21.0. The molecule has 2 aromatic carbocycles. The van der Waals surface area contributed by atoms with Gasteiger partial charge in [-0.2, -0.15) is 0 Å². The Bertz CT molecular complexity index is 1190. The number of oxazole rings is 1. The number of nitrogens with zero attached hydrogens (tertiary/aromatic N) is 2. The molecule has 8 heteroatoms. The molecular formula is C24H22N2O5S. The van der Waals surface area contributed by atoms with E-state index in [1.54, 1.807) is 20.4 Å². The van der Waals surface area contributed by atoms with Crippen LogP contribution in [0.4, 0.5) is 0 Å². The number of rotatable bonds is 9. The second kappa shape index (κ2) is 10.1. The van der Waals surface area contributed by atoms with E-state index in [2.05, 4.69) is 9.97 Å². The molecule has 7 nitrogen and oxygen atoms in total. The molecule has 4 rings (SSSR count). The molecule has 0 N–H and O–H groups in total. The Morgan fingerprint density at radius 2 is 1.91 bits per heavy atom. The average Bonchev–Trinajstić information content (AvgIpc) is 3.51. The quantitative estimate of drug-likeness (QED) is 0.326. The van der Waals surface area contributed by atoms with Gasteiger partial charge in [-0.3, -0.25) is 4.79 Å². The van der Waals surface area contributed by atoms with E-state index >= 15 is 0 Å². The number of methoxy groups -OCH3 is 2. The summed E-state index contributed by atoms with van der Waals surface area (Å²) >= 11 is 1.45. The molecule has 2 aromatic heterocycles. The summed E-state index contributed by atoms with van der Waals surface area (Å²) in [6.07, 6.45) is 2.21. The number of carbonyl (C=O) groups excluding carboxylic acids is 1. The zero-order chi connectivity index (χ0) is 22.3. The van der Waals surface area contributed by atoms with Crippen molar-refractivity contribution >= 4 is 17.3 Å². The number of hydrogen-bond donors (Lipinski definition) is 0. The Balaban J connectivity index is 1.31. The Labute approximate surface area is 189 Å². The van der Waals surface area contributed by atoms with Crippen LogP contribution in [0.3, 0.4) is 0 Å². The lowest BCUT2D eigenvalue weighted by atomic mass is 10.2. The fourth-order valence-electron chi connectivity index (χ4n) is 3.15. The van der Waals surface area contributed by atoms with Gasteiger partial charge in [-0.15, -0.1) is 11.3 Å². The van der Waals surface area contributed by atoms with Gasteiger partial charge in [0.25, 0.3) is 0 Å². The largest absolute Gasteiger partial charge is 0.493 e. The van der Waals surface area contributed by atoms with Crippen LogP contribution in [0.15, 0.2) is 64.5 Å². The first-order valence-electron chi connectivity index (χ1n) is 9.99. The lowest BCUT2D eigenvalue weighted by Crippen LogP contribution is -2.06. The third kappa shape index (κ3) is 4.97. The average molecular weight is 451 g/mol. The van der Waals surface area contributed by atoms with Crippen LogP contribution in [0.2, 0.25) is 0 Å². The van der Waals surface area contributed by atoms with Gasteiger partial charge in [0.1, 0.15) is 11.6 Å². The Hall–Kier alpha value is -3.65. The molecule has 0 saturated heterocycles. The number of esters is 1. The van der Waals surface area contributed by atoms with Crippen LogP contribution in [-0.4, -0.2) is 30.2 Å². The van der Waals surface area contributed by atoms with Gasteiger partial charge in [0, 0.05) is 17.4 Å². The highest BCUT2D eigenvalue weighted by Crippen LogP contribution is 2.39. The van der Waals surface area contributed by atoms with Crippen molar-refractivity contribution in [1.29, 1.82) is 0 Å². The van der Waals surface area contributed by atoms with E-state index in [0.29, 0.717) is 35.3 Å². The Morgan fingerprint density at radius 1 is 1.06 bits per heavy atom.